The number of anilines is 1. The van der Waals surface area contributed by atoms with E-state index in [9.17, 15) is 0 Å². The summed E-state index contributed by atoms with van der Waals surface area (Å²) in [5, 5.41) is 9.29. The minimum Gasteiger partial charge on any atom is -0.368 e. The normalized spacial score (nSPS) is 11.4. The van der Waals surface area contributed by atoms with Crippen molar-refractivity contribution >= 4 is 38.5 Å². The van der Waals surface area contributed by atoms with Crippen LogP contribution in [-0.2, 0) is 0 Å². The molecule has 0 aliphatic rings. The summed E-state index contributed by atoms with van der Waals surface area (Å²) in [6.45, 7) is 2.03. The Hall–Kier alpha value is -2.54. The van der Waals surface area contributed by atoms with Crippen LogP contribution < -0.4 is 5.73 Å². The van der Waals surface area contributed by atoms with Gasteiger partial charge >= 0.3 is 0 Å². The number of aromatic nitrogens is 5. The lowest BCUT2D eigenvalue weighted by Gasteiger charge is -2.03. The zero-order chi connectivity index (χ0) is 13.7. The van der Waals surface area contributed by atoms with Gasteiger partial charge in [0.2, 0.25) is 5.95 Å². The van der Waals surface area contributed by atoms with Gasteiger partial charge in [0.25, 0.3) is 0 Å². The highest BCUT2D eigenvalue weighted by Crippen LogP contribution is 2.29. The van der Waals surface area contributed by atoms with Crippen molar-refractivity contribution in [3.05, 3.63) is 35.2 Å². The van der Waals surface area contributed by atoms with Gasteiger partial charge in [0.05, 0.1) is 10.9 Å². The number of nitrogens with two attached hydrogens (primary N) is 1. The number of benzene rings is 1. The van der Waals surface area contributed by atoms with E-state index in [1.54, 1.807) is 16.0 Å². The number of aryl methyl sites for hydroxylation is 1. The van der Waals surface area contributed by atoms with Gasteiger partial charge in [-0.2, -0.15) is 9.67 Å². The molecule has 0 aliphatic heterocycles. The summed E-state index contributed by atoms with van der Waals surface area (Å²) in [5.74, 6) is 0.916. The third-order valence-electron chi connectivity index (χ3n) is 3.07. The van der Waals surface area contributed by atoms with E-state index < -0.39 is 0 Å². The molecule has 6 nitrogen and oxygen atoms in total. The summed E-state index contributed by atoms with van der Waals surface area (Å²) >= 11 is 1.59. The summed E-state index contributed by atoms with van der Waals surface area (Å²) in [6, 6.07) is 9.80. The fourth-order valence-electron chi connectivity index (χ4n) is 2.23. The van der Waals surface area contributed by atoms with Crippen LogP contribution in [0.2, 0.25) is 0 Å². The summed E-state index contributed by atoms with van der Waals surface area (Å²) in [7, 11) is 0. The second-order valence-corrected chi connectivity index (χ2v) is 5.71. The largest absolute Gasteiger partial charge is 0.368 e. The van der Waals surface area contributed by atoms with Crippen LogP contribution in [0.4, 0.5) is 5.95 Å². The second kappa shape index (κ2) is 3.97. The van der Waals surface area contributed by atoms with Crippen LogP contribution in [0.15, 0.2) is 30.3 Å². The molecule has 0 spiro atoms. The minimum absolute atomic E-state index is 0.244. The Kier molecular flexibility index (Phi) is 2.25. The predicted octanol–water partition coefficient (Wildman–Crippen LogP) is 2.32. The average Bonchev–Trinajstić information content (AvgIpc) is 3.00. The van der Waals surface area contributed by atoms with Crippen molar-refractivity contribution in [3.8, 4) is 5.82 Å². The number of thiophene rings is 1. The SMILES string of the molecule is Cc1cc2c(-n3nnc4ccccc43)nc(N)nc2s1. The van der Waals surface area contributed by atoms with Gasteiger partial charge < -0.3 is 5.73 Å². The molecule has 4 rings (SSSR count). The van der Waals surface area contributed by atoms with Crippen LogP contribution in [0.1, 0.15) is 4.88 Å². The molecule has 0 unspecified atom stereocenters. The van der Waals surface area contributed by atoms with E-state index in [1.807, 2.05) is 37.3 Å². The maximum absolute atomic E-state index is 5.81. The molecule has 3 aromatic heterocycles. The van der Waals surface area contributed by atoms with Crippen molar-refractivity contribution in [2.24, 2.45) is 0 Å². The van der Waals surface area contributed by atoms with E-state index in [0.717, 1.165) is 26.1 Å². The van der Waals surface area contributed by atoms with E-state index in [1.165, 1.54) is 0 Å². The van der Waals surface area contributed by atoms with Crippen LogP contribution in [-0.4, -0.2) is 25.0 Å². The number of hydrogen-bond donors (Lipinski definition) is 1. The monoisotopic (exact) mass is 282 g/mol. The maximum atomic E-state index is 5.81. The van der Waals surface area contributed by atoms with Gasteiger partial charge in [-0.3, -0.25) is 0 Å². The van der Waals surface area contributed by atoms with Gasteiger partial charge in [0.15, 0.2) is 5.82 Å². The highest BCUT2D eigenvalue weighted by atomic mass is 32.1. The lowest BCUT2D eigenvalue weighted by atomic mass is 10.3. The molecule has 1 aromatic carbocycles. The molecule has 0 atom stereocenters. The van der Waals surface area contributed by atoms with Crippen molar-refractivity contribution in [2.75, 3.05) is 5.73 Å². The molecule has 0 fully saturated rings. The van der Waals surface area contributed by atoms with Crippen molar-refractivity contribution in [1.82, 2.24) is 25.0 Å². The fourth-order valence-corrected chi connectivity index (χ4v) is 3.11. The van der Waals surface area contributed by atoms with Gasteiger partial charge in [-0.15, -0.1) is 16.4 Å². The van der Waals surface area contributed by atoms with Crippen LogP contribution in [0.25, 0.3) is 27.1 Å². The fraction of sp³-hybridized carbons (Fsp3) is 0.0769. The second-order valence-electron chi connectivity index (χ2n) is 4.47. The Balaban J connectivity index is 2.11. The Morgan fingerprint density at radius 1 is 1.20 bits per heavy atom. The number of fused-ring (bicyclic) bond motifs is 2. The Morgan fingerprint density at radius 3 is 2.95 bits per heavy atom. The lowest BCUT2D eigenvalue weighted by Crippen LogP contribution is -2.04. The van der Waals surface area contributed by atoms with Crippen molar-refractivity contribution < 1.29 is 0 Å². The molecular weight excluding hydrogens is 272 g/mol. The highest BCUT2D eigenvalue weighted by Gasteiger charge is 2.14. The average molecular weight is 282 g/mol. The molecule has 98 valence electrons. The van der Waals surface area contributed by atoms with E-state index in [0.29, 0.717) is 5.82 Å². The zero-order valence-corrected chi connectivity index (χ0v) is 11.4. The van der Waals surface area contributed by atoms with Crippen molar-refractivity contribution in [3.63, 3.8) is 0 Å². The first-order valence-electron chi connectivity index (χ1n) is 6.07. The van der Waals surface area contributed by atoms with Crippen LogP contribution in [0, 0.1) is 6.92 Å². The molecule has 0 amide bonds. The quantitative estimate of drug-likeness (QED) is 0.579. The third kappa shape index (κ3) is 1.56. The van der Waals surface area contributed by atoms with Crippen LogP contribution in [0.5, 0.6) is 0 Å². The van der Waals surface area contributed by atoms with Crippen molar-refractivity contribution in [1.29, 1.82) is 0 Å². The number of hydrogen-bond acceptors (Lipinski definition) is 6. The first kappa shape index (κ1) is 11.3. The summed E-state index contributed by atoms with van der Waals surface area (Å²) in [6.07, 6.45) is 0. The number of nitrogen functional groups attached to an aromatic ring is 1. The number of rotatable bonds is 1. The van der Waals surface area contributed by atoms with Gasteiger partial charge in [-0.1, -0.05) is 17.3 Å². The number of nitrogens with zero attached hydrogens (tertiary/aromatic N) is 5. The summed E-state index contributed by atoms with van der Waals surface area (Å²) < 4.78 is 1.71. The lowest BCUT2D eigenvalue weighted by molar-refractivity contribution is 0.807. The Morgan fingerprint density at radius 2 is 2.05 bits per heavy atom. The minimum atomic E-state index is 0.244. The molecule has 0 saturated carbocycles. The molecule has 0 bridgehead atoms. The molecule has 0 saturated heterocycles. The molecule has 0 aliphatic carbocycles. The number of para-hydroxylation sites is 1. The van der Waals surface area contributed by atoms with Crippen molar-refractivity contribution in [2.45, 2.75) is 6.92 Å². The van der Waals surface area contributed by atoms with E-state index in [2.05, 4.69) is 20.3 Å². The van der Waals surface area contributed by atoms with Gasteiger partial charge in [-0.25, -0.2) is 4.98 Å². The molecule has 4 aromatic rings. The first-order chi connectivity index (χ1) is 9.72. The van der Waals surface area contributed by atoms with Crippen LogP contribution >= 0.6 is 11.3 Å². The molecule has 3 heterocycles. The first-order valence-corrected chi connectivity index (χ1v) is 6.88. The zero-order valence-electron chi connectivity index (χ0n) is 10.6. The van der Waals surface area contributed by atoms with E-state index in [4.69, 9.17) is 5.73 Å². The topological polar surface area (TPSA) is 82.5 Å². The highest BCUT2D eigenvalue weighted by molar-refractivity contribution is 7.18. The van der Waals surface area contributed by atoms with E-state index in [-0.39, 0.29) is 5.95 Å². The standard InChI is InChI=1S/C13H10N6S/c1-7-6-8-11(15-13(14)16-12(8)20-7)19-10-5-3-2-4-9(10)17-18-19/h2-6H,1H3,(H2,14,15,16). The van der Waals surface area contributed by atoms with Gasteiger partial charge in [-0.05, 0) is 25.1 Å². The predicted molar refractivity (Wildman–Crippen MR) is 79.0 cm³/mol. The summed E-state index contributed by atoms with van der Waals surface area (Å²) in [4.78, 5) is 10.6. The third-order valence-corrected chi connectivity index (χ3v) is 4.01. The Bertz CT molecular complexity index is 938. The molecule has 0 radical (unpaired) electrons. The maximum Gasteiger partial charge on any atom is 0.223 e. The van der Waals surface area contributed by atoms with Gasteiger partial charge in [0, 0.05) is 4.88 Å². The molecule has 7 heteroatoms. The summed E-state index contributed by atoms with van der Waals surface area (Å²) in [5.41, 5.74) is 7.53. The molecule has 20 heavy (non-hydrogen) atoms. The Labute approximate surface area is 117 Å². The van der Waals surface area contributed by atoms with Crippen LogP contribution in [0.3, 0.4) is 0 Å². The molecular formula is C13H10N6S. The smallest absolute Gasteiger partial charge is 0.223 e. The molecule has 2 N–H and O–H groups in total. The van der Waals surface area contributed by atoms with Gasteiger partial charge in [0.1, 0.15) is 10.3 Å². The van der Waals surface area contributed by atoms with E-state index >= 15 is 0 Å².